The van der Waals surface area contributed by atoms with Crippen LogP contribution in [0, 0.1) is 0 Å². The molecule has 0 fully saturated rings. The Morgan fingerprint density at radius 1 is 0.790 bits per heavy atom. The normalized spacial score (nSPS) is 18.6. The minimum absolute atomic E-state index is 0.109. The van der Waals surface area contributed by atoms with Gasteiger partial charge in [-0.05, 0) is 119 Å². The maximum Gasteiger partial charge on any atom is 0.0694 e. The monoisotopic (exact) mass is 825 g/mol. The summed E-state index contributed by atoms with van der Waals surface area (Å²) in [6.07, 6.45) is 30.3. The van der Waals surface area contributed by atoms with Crippen molar-refractivity contribution < 1.29 is 0 Å². The van der Waals surface area contributed by atoms with Gasteiger partial charge in [0.25, 0.3) is 0 Å². The van der Waals surface area contributed by atoms with Gasteiger partial charge < -0.3 is 4.90 Å². The van der Waals surface area contributed by atoms with Crippen molar-refractivity contribution in [3.8, 4) is 0 Å². The average Bonchev–Trinajstić information content (AvgIpc) is 3.37. The third-order valence-electron chi connectivity index (χ3n) is 11.5. The molecule has 7 rings (SSSR count). The van der Waals surface area contributed by atoms with E-state index in [1.165, 1.54) is 44.1 Å². The van der Waals surface area contributed by atoms with Crippen LogP contribution in [0.4, 0.5) is 11.4 Å². The second-order valence-electron chi connectivity index (χ2n) is 15.9. The van der Waals surface area contributed by atoms with Crippen LogP contribution in [-0.2, 0) is 18.4 Å². The summed E-state index contributed by atoms with van der Waals surface area (Å²) in [6, 6.07) is 43.2. The number of hydrogen-bond donors (Lipinski definition) is 0. The Bertz CT molecular complexity index is 2660. The van der Waals surface area contributed by atoms with Crippen molar-refractivity contribution in [2.24, 2.45) is 9.98 Å². The standard InChI is InChI=1S/C58H55N3S/c1-44-40-49(27-21-39-62-57-35-32-46(41-53(44)57)43-60-37-19-9-7-6-8-16-31-55(59-5)48-23-12-10-13-24-48)50-33-34-56-51(42-50)26-20-25-47-22-17-18-30-54(47)58(3,4)45(2)36-38-61(56)52-28-14-11-15-29-52/h6-25,27-37,40-42H,1,5,26,38-39,43H2,2-4H3/b7-6-,16-8-,19-9+,25-20+,27-21-,45-36+,49-40+,55-31-,60-37?. The fraction of sp³-hybridized carbons (Fsp3) is 0.138. The van der Waals surface area contributed by atoms with Gasteiger partial charge in [-0.25, -0.2) is 0 Å². The van der Waals surface area contributed by atoms with Crippen LogP contribution in [0.1, 0.15) is 59.7 Å². The summed E-state index contributed by atoms with van der Waals surface area (Å²) in [5, 5.41) is 0. The van der Waals surface area contributed by atoms with Gasteiger partial charge in [-0.1, -0.05) is 172 Å². The molecular formula is C58H55N3S. The molecule has 5 aromatic rings. The number of fused-ring (bicyclic) bond motifs is 3. The molecule has 2 heterocycles. The minimum Gasteiger partial charge on any atom is -0.337 e. The lowest BCUT2D eigenvalue weighted by Crippen LogP contribution is -2.24. The Morgan fingerprint density at radius 3 is 2.34 bits per heavy atom. The molecule has 0 unspecified atom stereocenters. The minimum atomic E-state index is -0.109. The summed E-state index contributed by atoms with van der Waals surface area (Å²) < 4.78 is 0. The molecule has 0 radical (unpaired) electrons. The molecule has 4 heteroatoms. The predicted octanol–water partition coefficient (Wildman–Crippen LogP) is 15.1. The number of aliphatic imine (C=N–C) groups is 2. The van der Waals surface area contributed by atoms with Crippen molar-refractivity contribution in [2.75, 3.05) is 17.2 Å². The molecule has 0 atom stereocenters. The van der Waals surface area contributed by atoms with Crippen molar-refractivity contribution in [3.05, 3.63) is 245 Å². The highest BCUT2D eigenvalue weighted by Gasteiger charge is 2.26. The molecule has 0 N–H and O–H groups in total. The van der Waals surface area contributed by atoms with E-state index in [2.05, 4.69) is 171 Å². The Hall–Kier alpha value is -6.75. The van der Waals surface area contributed by atoms with Crippen LogP contribution in [0.3, 0.4) is 0 Å². The fourth-order valence-corrected chi connectivity index (χ4v) is 8.62. The van der Waals surface area contributed by atoms with Crippen molar-refractivity contribution in [1.82, 2.24) is 0 Å². The van der Waals surface area contributed by atoms with Gasteiger partial charge in [0.2, 0.25) is 0 Å². The molecule has 2 aliphatic heterocycles. The lowest BCUT2D eigenvalue weighted by Gasteiger charge is -2.31. The van der Waals surface area contributed by atoms with Crippen LogP contribution in [0.2, 0.25) is 0 Å². The van der Waals surface area contributed by atoms with Gasteiger partial charge >= 0.3 is 0 Å². The second-order valence-corrected chi connectivity index (χ2v) is 16.9. The number of para-hydroxylation sites is 1. The number of rotatable bonds is 10. The van der Waals surface area contributed by atoms with Crippen molar-refractivity contribution in [3.63, 3.8) is 0 Å². The summed E-state index contributed by atoms with van der Waals surface area (Å²) >= 11 is 1.84. The molecule has 62 heavy (non-hydrogen) atoms. The first-order chi connectivity index (χ1) is 30.3. The molecule has 0 saturated carbocycles. The van der Waals surface area contributed by atoms with Crippen LogP contribution in [0.15, 0.2) is 221 Å². The van der Waals surface area contributed by atoms with E-state index in [-0.39, 0.29) is 5.41 Å². The van der Waals surface area contributed by atoms with Gasteiger partial charge in [0, 0.05) is 45.8 Å². The fourth-order valence-electron chi connectivity index (χ4n) is 7.74. The van der Waals surface area contributed by atoms with Crippen LogP contribution < -0.4 is 4.90 Å². The number of hydrogen-bond acceptors (Lipinski definition) is 4. The maximum atomic E-state index is 4.70. The summed E-state index contributed by atoms with van der Waals surface area (Å²) in [4.78, 5) is 12.5. The quantitative estimate of drug-likeness (QED) is 0.0797. The molecule has 0 amide bonds. The van der Waals surface area contributed by atoms with Crippen LogP contribution >= 0.6 is 11.8 Å². The highest BCUT2D eigenvalue weighted by molar-refractivity contribution is 7.99. The van der Waals surface area contributed by atoms with Crippen molar-refractivity contribution in [2.45, 2.75) is 44.0 Å². The van der Waals surface area contributed by atoms with Crippen LogP contribution in [-0.4, -0.2) is 25.2 Å². The summed E-state index contributed by atoms with van der Waals surface area (Å²) in [7, 11) is 0. The zero-order chi connectivity index (χ0) is 43.2. The first-order valence-corrected chi connectivity index (χ1v) is 22.2. The number of anilines is 2. The lowest BCUT2D eigenvalue weighted by molar-refractivity contribution is 0.619. The Kier molecular flexibility index (Phi) is 14.8. The summed E-state index contributed by atoms with van der Waals surface area (Å²) in [5.74, 6) is 0.870. The number of thioether (sulfide) groups is 1. The Morgan fingerprint density at radius 2 is 1.53 bits per heavy atom. The highest BCUT2D eigenvalue weighted by Crippen LogP contribution is 2.38. The molecule has 2 aliphatic rings. The van der Waals surface area contributed by atoms with E-state index in [0.29, 0.717) is 6.54 Å². The third kappa shape index (κ3) is 10.9. The van der Waals surface area contributed by atoms with Gasteiger partial charge in [-0.3, -0.25) is 9.98 Å². The maximum absolute atomic E-state index is 4.70. The largest absolute Gasteiger partial charge is 0.337 e. The first kappa shape index (κ1) is 43.3. The molecule has 0 aliphatic carbocycles. The first-order valence-electron chi connectivity index (χ1n) is 21.3. The van der Waals surface area contributed by atoms with Crippen molar-refractivity contribution >= 4 is 59.0 Å². The van der Waals surface area contributed by atoms with E-state index < -0.39 is 0 Å². The van der Waals surface area contributed by atoms with Gasteiger partial charge in [0.05, 0.1) is 12.2 Å². The zero-order valence-corrected chi connectivity index (χ0v) is 36.9. The van der Waals surface area contributed by atoms with E-state index in [4.69, 9.17) is 4.99 Å². The molecule has 0 bridgehead atoms. The molecule has 308 valence electrons. The van der Waals surface area contributed by atoms with E-state index in [9.17, 15) is 0 Å². The molecular weight excluding hydrogens is 771 g/mol. The molecule has 0 spiro atoms. The van der Waals surface area contributed by atoms with Gasteiger partial charge in [0.15, 0.2) is 0 Å². The highest BCUT2D eigenvalue weighted by atomic mass is 32.2. The smallest absolute Gasteiger partial charge is 0.0694 e. The second kappa shape index (κ2) is 21.2. The predicted molar refractivity (Wildman–Crippen MR) is 273 cm³/mol. The van der Waals surface area contributed by atoms with E-state index in [0.717, 1.165) is 52.3 Å². The Labute approximate surface area is 373 Å². The number of benzene rings is 5. The molecule has 5 aromatic carbocycles. The SMILES string of the molecule is C=N\C(=C/C=C\C=C/C=C/C=NCc1ccc2c(c1)C(=C)/C=C(c1ccc3c(c1)C/C=C/c1ccccc1C(C)(C)/C(C)=C/CN3c1ccccc1)\C=C/CS2)c1ccccc1. The van der Waals surface area contributed by atoms with E-state index >= 15 is 0 Å². The Balaban J connectivity index is 1.10. The number of nitrogens with zero attached hydrogens (tertiary/aromatic N) is 3. The zero-order valence-electron chi connectivity index (χ0n) is 36.1. The summed E-state index contributed by atoms with van der Waals surface area (Å²) in [6.45, 7) is 16.6. The average molecular weight is 826 g/mol. The topological polar surface area (TPSA) is 28.0 Å². The van der Waals surface area contributed by atoms with E-state index in [1.54, 1.807) is 0 Å². The van der Waals surface area contributed by atoms with Gasteiger partial charge in [-0.2, -0.15) is 0 Å². The van der Waals surface area contributed by atoms with Crippen LogP contribution in [0.5, 0.6) is 0 Å². The van der Waals surface area contributed by atoms with Crippen LogP contribution in [0.25, 0.3) is 22.9 Å². The molecule has 0 saturated heterocycles. The number of allylic oxidation sites excluding steroid dienone is 13. The third-order valence-corrected chi connectivity index (χ3v) is 12.5. The van der Waals surface area contributed by atoms with Crippen molar-refractivity contribution in [1.29, 1.82) is 0 Å². The van der Waals surface area contributed by atoms with Gasteiger partial charge in [0.1, 0.15) is 0 Å². The summed E-state index contributed by atoms with van der Waals surface area (Å²) in [5.41, 5.74) is 15.0. The lowest BCUT2D eigenvalue weighted by atomic mass is 9.76. The molecule has 3 nitrogen and oxygen atoms in total. The van der Waals surface area contributed by atoms with E-state index in [1.807, 2.05) is 90.8 Å². The molecule has 0 aromatic heterocycles. The van der Waals surface area contributed by atoms with Gasteiger partial charge in [-0.15, -0.1) is 11.8 Å².